The van der Waals surface area contributed by atoms with Crippen LogP contribution in [-0.4, -0.2) is 46.4 Å². The van der Waals surface area contributed by atoms with E-state index in [1.54, 1.807) is 25.8 Å². The van der Waals surface area contributed by atoms with E-state index in [0.717, 1.165) is 5.69 Å². The van der Waals surface area contributed by atoms with E-state index < -0.39 is 0 Å². The Labute approximate surface area is 156 Å². The van der Waals surface area contributed by atoms with Crippen molar-refractivity contribution in [1.82, 2.24) is 25.1 Å². The Hall–Kier alpha value is -3.36. The van der Waals surface area contributed by atoms with Crippen LogP contribution in [0.2, 0.25) is 0 Å². The number of ether oxygens (including phenoxy) is 1. The second-order valence-corrected chi connectivity index (χ2v) is 5.91. The van der Waals surface area contributed by atoms with E-state index in [-0.39, 0.29) is 5.56 Å². The number of guanidine groups is 1. The maximum Gasteiger partial charge on any atom is 0.277 e. The van der Waals surface area contributed by atoms with Gasteiger partial charge in [0, 0.05) is 26.8 Å². The average molecular weight is 369 g/mol. The molecule has 0 radical (unpaired) electrons. The molecule has 0 spiro atoms. The van der Waals surface area contributed by atoms with E-state index in [2.05, 4.69) is 30.7 Å². The van der Waals surface area contributed by atoms with Gasteiger partial charge in [0.25, 0.3) is 5.56 Å². The lowest BCUT2D eigenvalue weighted by Crippen LogP contribution is -2.26. The van der Waals surface area contributed by atoms with E-state index in [9.17, 15) is 4.79 Å². The van der Waals surface area contributed by atoms with Gasteiger partial charge in [-0.15, -0.1) is 0 Å². The Balaban J connectivity index is 2.17. The number of rotatable bonds is 4. The Kier molecular flexibility index (Phi) is 5.11. The summed E-state index contributed by atoms with van der Waals surface area (Å²) in [5.74, 6) is 1.67. The molecular weight excluding hydrogens is 346 g/mol. The Morgan fingerprint density at radius 1 is 1.41 bits per heavy atom. The van der Waals surface area contributed by atoms with Gasteiger partial charge in [-0.25, -0.2) is 4.98 Å². The van der Waals surface area contributed by atoms with Crippen molar-refractivity contribution >= 4 is 22.7 Å². The zero-order valence-corrected chi connectivity index (χ0v) is 16.0. The topological polar surface area (TPSA) is 109 Å². The number of fused-ring (bicyclic) bond motifs is 1. The minimum atomic E-state index is -0.245. The maximum atomic E-state index is 12.6. The van der Waals surface area contributed by atoms with Gasteiger partial charge in [0.2, 0.25) is 0 Å². The molecule has 9 heteroatoms. The van der Waals surface area contributed by atoms with Crippen molar-refractivity contribution in [3.8, 4) is 17.1 Å². The number of hydrogen-bond acceptors (Lipinski definition) is 5. The van der Waals surface area contributed by atoms with Crippen molar-refractivity contribution in [2.75, 3.05) is 26.0 Å². The van der Waals surface area contributed by atoms with Crippen molar-refractivity contribution in [3.63, 3.8) is 0 Å². The van der Waals surface area contributed by atoms with Crippen molar-refractivity contribution in [2.45, 2.75) is 13.8 Å². The normalized spacial score (nSPS) is 11.7. The number of hydrogen-bond donors (Lipinski definition) is 3. The summed E-state index contributed by atoms with van der Waals surface area (Å²) < 4.78 is 7.28. The smallest absolute Gasteiger partial charge is 0.277 e. The molecule has 0 amide bonds. The minimum Gasteiger partial charge on any atom is -0.493 e. The molecule has 0 saturated heterocycles. The van der Waals surface area contributed by atoms with Gasteiger partial charge in [-0.3, -0.25) is 14.5 Å². The molecule has 0 atom stereocenters. The quantitative estimate of drug-likeness (QED) is 0.477. The van der Waals surface area contributed by atoms with Gasteiger partial charge in [-0.1, -0.05) is 0 Å². The van der Waals surface area contributed by atoms with Crippen LogP contribution in [-0.2, 0) is 7.05 Å². The molecule has 0 aliphatic rings. The molecule has 0 aliphatic heterocycles. The van der Waals surface area contributed by atoms with Crippen LogP contribution in [0.4, 0.5) is 5.69 Å². The van der Waals surface area contributed by atoms with Gasteiger partial charge in [-0.05, 0) is 32.0 Å². The summed E-state index contributed by atoms with van der Waals surface area (Å²) in [5.41, 5.74) is 2.93. The van der Waals surface area contributed by atoms with Crippen LogP contribution in [0.25, 0.3) is 22.4 Å². The first kappa shape index (κ1) is 18.4. The SMILES string of the molecule is CCOc1ccc(NC(=NC)NC)cc1-c1nc2c(C)nn(C)c2c(=O)[nH]1. The van der Waals surface area contributed by atoms with Crippen molar-refractivity contribution < 1.29 is 4.74 Å². The minimum absolute atomic E-state index is 0.245. The van der Waals surface area contributed by atoms with Gasteiger partial charge in [0.05, 0.1) is 17.9 Å². The zero-order chi connectivity index (χ0) is 19.6. The van der Waals surface area contributed by atoms with E-state index in [1.807, 2.05) is 32.0 Å². The number of nitrogens with zero attached hydrogens (tertiary/aromatic N) is 4. The summed E-state index contributed by atoms with van der Waals surface area (Å²) in [4.78, 5) is 24.2. The second kappa shape index (κ2) is 7.48. The number of H-pyrrole nitrogens is 1. The summed E-state index contributed by atoms with van der Waals surface area (Å²) in [7, 11) is 5.20. The van der Waals surface area contributed by atoms with Crippen LogP contribution in [0.3, 0.4) is 0 Å². The zero-order valence-electron chi connectivity index (χ0n) is 16.0. The first-order valence-electron chi connectivity index (χ1n) is 8.60. The summed E-state index contributed by atoms with van der Waals surface area (Å²) in [5, 5.41) is 10.4. The van der Waals surface area contributed by atoms with E-state index in [4.69, 9.17) is 4.74 Å². The molecule has 27 heavy (non-hydrogen) atoms. The largest absolute Gasteiger partial charge is 0.493 e. The molecule has 0 aliphatic carbocycles. The highest BCUT2D eigenvalue weighted by Crippen LogP contribution is 2.31. The molecule has 2 heterocycles. The van der Waals surface area contributed by atoms with Gasteiger partial charge >= 0.3 is 0 Å². The number of aryl methyl sites for hydroxylation is 2. The number of aliphatic imine (C=N–C) groups is 1. The van der Waals surface area contributed by atoms with E-state index in [1.165, 1.54) is 0 Å². The van der Waals surface area contributed by atoms with Gasteiger partial charge in [0.1, 0.15) is 17.1 Å². The van der Waals surface area contributed by atoms with Crippen LogP contribution in [0.1, 0.15) is 12.6 Å². The molecule has 9 nitrogen and oxygen atoms in total. The fourth-order valence-electron chi connectivity index (χ4n) is 2.91. The highest BCUT2D eigenvalue weighted by molar-refractivity contribution is 5.94. The fourth-order valence-corrected chi connectivity index (χ4v) is 2.91. The van der Waals surface area contributed by atoms with Crippen LogP contribution < -0.4 is 20.9 Å². The number of anilines is 1. The second-order valence-electron chi connectivity index (χ2n) is 5.91. The summed E-state index contributed by atoms with van der Waals surface area (Å²) in [6.07, 6.45) is 0. The lowest BCUT2D eigenvalue weighted by molar-refractivity contribution is 0.341. The Morgan fingerprint density at radius 2 is 2.19 bits per heavy atom. The average Bonchev–Trinajstić information content (AvgIpc) is 2.95. The highest BCUT2D eigenvalue weighted by atomic mass is 16.5. The highest BCUT2D eigenvalue weighted by Gasteiger charge is 2.16. The number of aromatic amines is 1. The molecule has 1 aromatic carbocycles. The molecule has 142 valence electrons. The van der Waals surface area contributed by atoms with Gasteiger partial charge < -0.3 is 20.4 Å². The van der Waals surface area contributed by atoms with Gasteiger partial charge in [0.15, 0.2) is 11.5 Å². The van der Waals surface area contributed by atoms with Crippen LogP contribution in [0, 0.1) is 6.92 Å². The monoisotopic (exact) mass is 369 g/mol. The maximum absolute atomic E-state index is 12.6. The third-order valence-corrected chi connectivity index (χ3v) is 4.12. The van der Waals surface area contributed by atoms with Crippen LogP contribution >= 0.6 is 0 Å². The van der Waals surface area contributed by atoms with E-state index >= 15 is 0 Å². The number of benzene rings is 1. The predicted molar refractivity (Wildman–Crippen MR) is 107 cm³/mol. The Morgan fingerprint density at radius 3 is 2.85 bits per heavy atom. The molecule has 3 aromatic rings. The van der Waals surface area contributed by atoms with Crippen LogP contribution in [0.15, 0.2) is 28.0 Å². The fraction of sp³-hybridized carbons (Fsp3) is 0.333. The molecule has 2 aromatic heterocycles. The molecular formula is C18H23N7O2. The first-order chi connectivity index (χ1) is 13.0. The first-order valence-corrected chi connectivity index (χ1v) is 8.60. The Bertz CT molecular complexity index is 1070. The van der Waals surface area contributed by atoms with Crippen molar-refractivity contribution in [1.29, 1.82) is 0 Å². The molecule has 3 rings (SSSR count). The molecule has 0 fully saturated rings. The van der Waals surface area contributed by atoms with Crippen molar-refractivity contribution in [3.05, 3.63) is 34.2 Å². The molecule has 0 bridgehead atoms. The van der Waals surface area contributed by atoms with Crippen LogP contribution in [0.5, 0.6) is 5.75 Å². The number of nitrogens with one attached hydrogen (secondary N) is 3. The van der Waals surface area contributed by atoms with Crippen molar-refractivity contribution in [2.24, 2.45) is 12.0 Å². The summed E-state index contributed by atoms with van der Waals surface area (Å²) in [6.45, 7) is 4.23. The van der Waals surface area contributed by atoms with E-state index in [0.29, 0.717) is 46.4 Å². The molecule has 3 N–H and O–H groups in total. The summed E-state index contributed by atoms with van der Waals surface area (Å²) >= 11 is 0. The number of aromatic nitrogens is 4. The third-order valence-electron chi connectivity index (χ3n) is 4.12. The third kappa shape index (κ3) is 3.48. The molecule has 0 saturated carbocycles. The lowest BCUT2D eigenvalue weighted by atomic mass is 10.1. The van der Waals surface area contributed by atoms with Gasteiger partial charge in [-0.2, -0.15) is 5.10 Å². The lowest BCUT2D eigenvalue weighted by Gasteiger charge is -2.14. The standard InChI is InChI=1S/C18H23N7O2/c1-6-27-13-8-7-11(21-18(19-3)20-4)9-12(13)16-22-14-10(2)24-25(5)15(14)17(26)23-16/h7-9H,6H2,1-5H3,(H2,19,20,21)(H,22,23,26). The predicted octanol–water partition coefficient (Wildman–Crippen LogP) is 1.65. The molecule has 0 unspecified atom stereocenters. The summed E-state index contributed by atoms with van der Waals surface area (Å²) in [6, 6.07) is 5.58.